The summed E-state index contributed by atoms with van der Waals surface area (Å²) < 4.78 is 44.0. The van der Waals surface area contributed by atoms with Crippen LogP contribution in [0.15, 0.2) is 34.7 Å². The van der Waals surface area contributed by atoms with Gasteiger partial charge in [-0.05, 0) is 25.0 Å². The van der Waals surface area contributed by atoms with Crippen LogP contribution < -0.4 is 5.32 Å². The van der Waals surface area contributed by atoms with Crippen LogP contribution in [0.1, 0.15) is 38.4 Å². The molecule has 2 heterocycles. The lowest BCUT2D eigenvalue weighted by Crippen LogP contribution is -2.63. The van der Waals surface area contributed by atoms with Gasteiger partial charge < -0.3 is 19.6 Å². The van der Waals surface area contributed by atoms with Gasteiger partial charge in [-0.3, -0.25) is 9.69 Å². The van der Waals surface area contributed by atoms with Crippen molar-refractivity contribution >= 4 is 22.8 Å². The Balaban J connectivity index is 0.000000360. The largest absolute Gasteiger partial charge is 0.490 e. The van der Waals surface area contributed by atoms with Crippen molar-refractivity contribution in [3.8, 4) is 0 Å². The number of nitrogens with zero attached hydrogens (tertiary/aromatic N) is 1. The Morgan fingerprint density at radius 3 is 2.66 bits per heavy atom. The van der Waals surface area contributed by atoms with Crippen molar-refractivity contribution in [1.29, 1.82) is 0 Å². The molecule has 7 nitrogen and oxygen atoms in total. The molecule has 2 aromatic rings. The Hall–Kier alpha value is -2.59. The third kappa shape index (κ3) is 6.01. The number of carboxylic acid groups (broad SMARTS) is 1. The van der Waals surface area contributed by atoms with Crippen molar-refractivity contribution < 1.29 is 37.0 Å². The highest BCUT2D eigenvalue weighted by Crippen LogP contribution is 2.35. The Morgan fingerprint density at radius 2 is 2.00 bits per heavy atom. The number of fused-ring (bicyclic) bond motifs is 1. The lowest BCUT2D eigenvalue weighted by molar-refractivity contribution is -0.192. The molecule has 4 rings (SSSR count). The number of benzene rings is 1. The number of halogens is 3. The molecule has 1 aliphatic carbocycles. The van der Waals surface area contributed by atoms with Crippen molar-refractivity contribution in [2.24, 2.45) is 0 Å². The lowest BCUT2D eigenvalue weighted by Gasteiger charge is -2.49. The molecule has 2 unspecified atom stereocenters. The van der Waals surface area contributed by atoms with E-state index in [2.05, 4.69) is 22.3 Å². The van der Waals surface area contributed by atoms with Crippen LogP contribution in [0, 0.1) is 0 Å². The number of rotatable bonds is 3. The van der Waals surface area contributed by atoms with Gasteiger partial charge in [0.15, 0.2) is 0 Å². The molecule has 2 N–H and O–H groups in total. The van der Waals surface area contributed by atoms with E-state index in [1.807, 2.05) is 18.2 Å². The van der Waals surface area contributed by atoms with Crippen LogP contribution in [0.4, 0.5) is 13.2 Å². The number of amides is 1. The third-order valence-corrected chi connectivity index (χ3v) is 5.74. The molecule has 2 fully saturated rings. The van der Waals surface area contributed by atoms with Crippen molar-refractivity contribution in [3.63, 3.8) is 0 Å². The summed E-state index contributed by atoms with van der Waals surface area (Å²) in [6, 6.07) is 10.4. The summed E-state index contributed by atoms with van der Waals surface area (Å²) in [6.07, 6.45) is -0.763. The second-order valence-corrected chi connectivity index (χ2v) is 8.18. The fourth-order valence-electron chi connectivity index (χ4n) is 4.37. The Kier molecular flexibility index (Phi) is 7.45. The molecule has 1 aliphatic heterocycles. The highest BCUT2D eigenvalue weighted by Gasteiger charge is 2.45. The number of carbonyl (C=O) groups is 2. The minimum absolute atomic E-state index is 0.0317. The van der Waals surface area contributed by atoms with E-state index in [4.69, 9.17) is 19.1 Å². The summed E-state index contributed by atoms with van der Waals surface area (Å²) in [6.45, 7) is 4.82. The second-order valence-electron chi connectivity index (χ2n) is 8.18. The standard InChI is InChI=1S/C20H26N2O3.C2HF3O2/c1-15(23)21-19-8-4-5-9-20(19)14-22(10-11-24-20)13-17-12-16-6-2-3-7-18(16)25-17;3-2(4,5)1(6)7/h2-3,6-7,12,19H,4-5,8-11,13-14H2,1H3,(H,21,23);(H,6,7). The van der Waals surface area contributed by atoms with Crippen LogP contribution in [0.3, 0.4) is 0 Å². The Morgan fingerprint density at radius 1 is 1.28 bits per heavy atom. The average molecular weight is 456 g/mol. The van der Waals surface area contributed by atoms with Gasteiger partial charge in [0.1, 0.15) is 16.9 Å². The molecule has 2 atom stereocenters. The maximum atomic E-state index is 11.6. The molecular formula is C22H27F3N2O5. The maximum Gasteiger partial charge on any atom is 0.490 e. The van der Waals surface area contributed by atoms with Crippen LogP contribution in [0.25, 0.3) is 11.0 Å². The first-order valence-electron chi connectivity index (χ1n) is 10.5. The first-order chi connectivity index (χ1) is 15.1. The van der Waals surface area contributed by atoms with Gasteiger partial charge in [-0.25, -0.2) is 4.79 Å². The molecule has 176 valence electrons. The summed E-state index contributed by atoms with van der Waals surface area (Å²) in [5, 5.41) is 11.4. The molecule has 1 aromatic carbocycles. The zero-order valence-electron chi connectivity index (χ0n) is 17.8. The summed E-state index contributed by atoms with van der Waals surface area (Å²) in [5.74, 6) is -1.73. The molecule has 10 heteroatoms. The number of aliphatic carboxylic acids is 1. The van der Waals surface area contributed by atoms with Crippen LogP contribution in [-0.2, 0) is 20.9 Å². The van der Waals surface area contributed by atoms with Crippen LogP contribution >= 0.6 is 0 Å². The van der Waals surface area contributed by atoms with Gasteiger partial charge in [-0.2, -0.15) is 13.2 Å². The molecule has 1 saturated heterocycles. The molecule has 1 saturated carbocycles. The van der Waals surface area contributed by atoms with E-state index < -0.39 is 12.1 Å². The number of furan rings is 1. The minimum atomic E-state index is -5.08. The van der Waals surface area contributed by atoms with E-state index in [9.17, 15) is 18.0 Å². The summed E-state index contributed by atoms with van der Waals surface area (Å²) in [7, 11) is 0. The number of alkyl halides is 3. The normalized spacial score (nSPS) is 24.1. The van der Waals surface area contributed by atoms with Gasteiger partial charge in [0.05, 0.1) is 19.2 Å². The van der Waals surface area contributed by atoms with E-state index in [-0.39, 0.29) is 17.6 Å². The van der Waals surface area contributed by atoms with Crippen molar-refractivity contribution in [2.75, 3.05) is 19.7 Å². The zero-order valence-corrected chi connectivity index (χ0v) is 17.8. The monoisotopic (exact) mass is 456 g/mol. The molecule has 1 aromatic heterocycles. The summed E-state index contributed by atoms with van der Waals surface area (Å²) in [4.78, 5) is 22.9. The van der Waals surface area contributed by atoms with E-state index >= 15 is 0 Å². The van der Waals surface area contributed by atoms with Crippen molar-refractivity contribution in [3.05, 3.63) is 36.1 Å². The maximum absolute atomic E-state index is 11.6. The van der Waals surface area contributed by atoms with Crippen LogP contribution in [0.5, 0.6) is 0 Å². The SMILES string of the molecule is CC(=O)NC1CCCCC12CN(Cc1cc3ccccc3o1)CCO2.O=C(O)C(F)(F)F. The number of hydrogen-bond acceptors (Lipinski definition) is 5. The second kappa shape index (κ2) is 9.91. The molecule has 1 spiro atoms. The lowest BCUT2D eigenvalue weighted by atomic mass is 9.78. The highest BCUT2D eigenvalue weighted by atomic mass is 19.4. The molecular weight excluding hydrogens is 429 g/mol. The van der Waals surface area contributed by atoms with Crippen LogP contribution in [0.2, 0.25) is 0 Å². The van der Waals surface area contributed by atoms with Gasteiger partial charge >= 0.3 is 12.1 Å². The topological polar surface area (TPSA) is 92.0 Å². The number of nitrogens with one attached hydrogen (secondary N) is 1. The highest BCUT2D eigenvalue weighted by molar-refractivity contribution is 5.77. The fourth-order valence-corrected chi connectivity index (χ4v) is 4.37. The Bertz CT molecular complexity index is 908. The number of morpholine rings is 1. The van der Waals surface area contributed by atoms with Crippen molar-refractivity contribution in [1.82, 2.24) is 10.2 Å². The zero-order chi connectivity index (χ0) is 23.4. The number of carboxylic acids is 1. The number of carbonyl (C=O) groups excluding carboxylic acids is 1. The van der Waals surface area contributed by atoms with E-state index in [0.29, 0.717) is 6.61 Å². The van der Waals surface area contributed by atoms with Gasteiger partial charge in [0.25, 0.3) is 0 Å². The molecule has 0 bridgehead atoms. The first kappa shape index (κ1) is 24.1. The van der Waals surface area contributed by atoms with Gasteiger partial charge in [0.2, 0.25) is 5.91 Å². The van der Waals surface area contributed by atoms with E-state index in [1.54, 1.807) is 6.92 Å². The van der Waals surface area contributed by atoms with Gasteiger partial charge in [0, 0.05) is 25.4 Å². The van der Waals surface area contributed by atoms with Gasteiger partial charge in [-0.1, -0.05) is 31.0 Å². The quantitative estimate of drug-likeness (QED) is 0.732. The smallest absolute Gasteiger partial charge is 0.475 e. The first-order valence-corrected chi connectivity index (χ1v) is 10.5. The molecule has 32 heavy (non-hydrogen) atoms. The number of para-hydroxylation sites is 1. The van der Waals surface area contributed by atoms with Crippen molar-refractivity contribution in [2.45, 2.75) is 57.0 Å². The molecule has 2 aliphatic rings. The molecule has 1 amide bonds. The average Bonchev–Trinajstić information content (AvgIpc) is 3.12. The van der Waals surface area contributed by atoms with Gasteiger partial charge in [-0.15, -0.1) is 0 Å². The Labute approximate surface area is 183 Å². The van der Waals surface area contributed by atoms with E-state index in [0.717, 1.165) is 62.0 Å². The fraction of sp³-hybridized carbons (Fsp3) is 0.545. The summed E-state index contributed by atoms with van der Waals surface area (Å²) >= 11 is 0. The predicted molar refractivity (Wildman–Crippen MR) is 110 cm³/mol. The van der Waals surface area contributed by atoms with Crippen LogP contribution in [-0.4, -0.2) is 59.4 Å². The minimum Gasteiger partial charge on any atom is -0.475 e. The predicted octanol–water partition coefficient (Wildman–Crippen LogP) is 3.72. The summed E-state index contributed by atoms with van der Waals surface area (Å²) in [5.41, 5.74) is 0.683. The number of ether oxygens (including phenoxy) is 1. The number of hydrogen-bond donors (Lipinski definition) is 2. The third-order valence-electron chi connectivity index (χ3n) is 5.74. The van der Waals surface area contributed by atoms with E-state index in [1.165, 1.54) is 0 Å². The molecule has 0 radical (unpaired) electrons.